The highest BCUT2D eigenvalue weighted by Crippen LogP contribution is 2.24. The van der Waals surface area contributed by atoms with E-state index >= 15 is 0 Å². The molecular weight excluding hydrogens is 1330 g/mol. The zero-order valence-corrected chi connectivity index (χ0v) is 55.2. The molecule has 0 bridgehead atoms. The van der Waals surface area contributed by atoms with Crippen molar-refractivity contribution in [2.24, 2.45) is 15.3 Å². The number of carbonyl (C=O) groups is 8. The number of H-pyrrole nitrogens is 4. The van der Waals surface area contributed by atoms with E-state index in [1.807, 2.05) is 0 Å². The van der Waals surface area contributed by atoms with Crippen LogP contribution < -0.4 is 73.8 Å². The predicted octanol–water partition coefficient (Wildman–Crippen LogP) is 2.32. The van der Waals surface area contributed by atoms with Crippen LogP contribution in [0.5, 0.6) is 17.2 Å². The molecule has 0 spiro atoms. The number of urea groups is 2. The summed E-state index contributed by atoms with van der Waals surface area (Å²) < 4.78 is 21.2. The Morgan fingerprint density at radius 2 is 0.824 bits per heavy atom. The first-order chi connectivity index (χ1) is 49.3. The molecule has 10 amide bonds. The first-order valence-corrected chi connectivity index (χ1v) is 31.4. The average Bonchev–Trinajstić information content (AvgIpc) is 1.63. The highest BCUT2D eigenvalue weighted by atomic mass is 16.5. The number of carbonyl (C=O) groups excluding carboxylic acids is 8. The molecule has 5 heterocycles. The number of amides is 10. The van der Waals surface area contributed by atoms with Gasteiger partial charge in [-0.15, -0.1) is 16.6 Å². The molecule has 3 aromatic carbocycles. The van der Waals surface area contributed by atoms with Crippen molar-refractivity contribution in [1.82, 2.24) is 91.4 Å². The van der Waals surface area contributed by atoms with Crippen LogP contribution in [0.15, 0.2) is 158 Å². The van der Waals surface area contributed by atoms with Crippen LogP contribution >= 0.6 is 0 Å². The Hall–Kier alpha value is -13.5. The summed E-state index contributed by atoms with van der Waals surface area (Å²) in [5.74, 6) is 2.74. The fourth-order valence-electron chi connectivity index (χ4n) is 8.42. The molecule has 0 unspecified atom stereocenters. The number of unbranched alkanes of at least 4 members (excludes halogenated alkanes) is 6. The third-order valence-electron chi connectivity index (χ3n) is 13.4. The molecule has 0 radical (unpaired) electrons. The van der Waals surface area contributed by atoms with Crippen molar-refractivity contribution < 1.29 is 52.6 Å². The molecule has 10 N–H and O–H groups in total. The van der Waals surface area contributed by atoms with Gasteiger partial charge >= 0.3 is 34.8 Å². The van der Waals surface area contributed by atoms with Gasteiger partial charge in [-0.3, -0.25) is 28.8 Å². The number of azide groups is 1. The Balaban J connectivity index is 0.000000258. The van der Waals surface area contributed by atoms with Crippen LogP contribution in [0.1, 0.15) is 69.2 Å². The topological polar surface area (TPSA) is 516 Å². The molecule has 7 aromatic rings. The average molecular weight is 1410 g/mol. The Morgan fingerprint density at radius 1 is 0.490 bits per heavy atom. The summed E-state index contributed by atoms with van der Waals surface area (Å²) in [6.45, 7) is 13.8. The van der Waals surface area contributed by atoms with E-state index in [0.717, 1.165) is 71.8 Å². The number of aromatic amines is 4. The molecule has 1 aliphatic rings. The fourth-order valence-corrected chi connectivity index (χ4v) is 8.42. The van der Waals surface area contributed by atoms with Gasteiger partial charge in [-0.05, 0) is 154 Å². The Kier molecular flexibility index (Phi) is 34.4. The maximum atomic E-state index is 12.0. The summed E-state index contributed by atoms with van der Waals surface area (Å²) in [6, 6.07) is 17.7. The predicted molar refractivity (Wildman–Crippen MR) is 366 cm³/mol. The number of aromatic nitrogens is 12. The molecule has 0 saturated heterocycles. The van der Waals surface area contributed by atoms with E-state index < -0.39 is 34.8 Å². The summed E-state index contributed by atoms with van der Waals surface area (Å²) >= 11 is 0. The van der Waals surface area contributed by atoms with Gasteiger partial charge in [0.05, 0.1) is 29.5 Å². The van der Waals surface area contributed by atoms with E-state index in [0.29, 0.717) is 85.0 Å². The third-order valence-corrected chi connectivity index (χ3v) is 13.4. The summed E-state index contributed by atoms with van der Waals surface area (Å²) in [5.41, 5.74) is 8.07. The lowest BCUT2D eigenvalue weighted by Crippen LogP contribution is -2.28. The van der Waals surface area contributed by atoms with Crippen molar-refractivity contribution in [1.29, 1.82) is 0 Å². The number of ether oxygens (including phenoxy) is 3. The highest BCUT2D eigenvalue weighted by molar-refractivity contribution is 6.17. The SMILES string of the molecule is C#CCOc1ccc(-n2c(=O)[nH][nH]c2=O)cc1.C=CC(=O)NCCCCCNC(=O)CN=[N+]=[N-].C=CC(=O)NCCCCCNC(=O)Cn1cc(COc2ccc(-n3c(=O)[nH][nH]c3=O)cc2)nn1.C=CC(=O)NCCCCCNC(=O)Cn1cc(COc2ccc(N3C(=O)N=NC3=O)cc2)nn1. The van der Waals surface area contributed by atoms with Gasteiger partial charge in [0, 0.05) is 44.2 Å². The van der Waals surface area contributed by atoms with Gasteiger partial charge in [0.2, 0.25) is 35.4 Å². The van der Waals surface area contributed by atoms with Crippen molar-refractivity contribution in [3.05, 3.63) is 187 Å². The number of nitrogens with zero attached hydrogens (tertiary/aromatic N) is 14. The zero-order chi connectivity index (χ0) is 73.9. The minimum Gasteiger partial charge on any atom is -0.487 e. The number of imide groups is 1. The summed E-state index contributed by atoms with van der Waals surface area (Å²) in [7, 11) is 0. The van der Waals surface area contributed by atoms with E-state index in [9.17, 15) is 57.5 Å². The standard InChI is InChI=1S/C21H26N8O5.C21H24N8O5.C11H9N3O3.C10H17N5O2/c2*1-2-18(30)22-10-4-3-5-11-23-19(31)13-28-12-15(24-27-28)14-34-17-8-6-16(7-9-17)29-20(32)25-26-21(29)33;1-2-7-17-9-5-3-8(4-6-9)14-10(15)12-13-11(14)16;1-2-9(16)12-6-4-3-5-7-13-10(17)8-14-15-11/h2,6-9,12H,1,3-5,10-11,13-14H2,(H,22,30)(H,23,31)(H,25,32)(H,26,33);2,6-9,12H,1,3-5,10-11,13-14H2,(H,22,30)(H,23,31);1,3-6H,7H2,(H,12,15)(H,13,16);2H,1,3-8H2,(H,12,16)(H,13,17). The maximum Gasteiger partial charge on any atom is 0.375 e. The number of hydrogen-bond acceptors (Lipinski definition) is 20. The number of terminal acetylenes is 1. The van der Waals surface area contributed by atoms with Gasteiger partial charge in [-0.25, -0.2) is 72.6 Å². The molecule has 0 saturated carbocycles. The molecule has 39 heteroatoms. The summed E-state index contributed by atoms with van der Waals surface area (Å²) in [4.78, 5) is 140. The first kappa shape index (κ1) is 79.2. The van der Waals surface area contributed by atoms with Crippen molar-refractivity contribution in [2.45, 2.75) is 84.1 Å². The molecule has 8 rings (SSSR count). The minimum atomic E-state index is -0.742. The highest BCUT2D eigenvalue weighted by Gasteiger charge is 2.29. The lowest BCUT2D eigenvalue weighted by atomic mass is 10.2. The summed E-state index contributed by atoms with van der Waals surface area (Å²) in [6.07, 6.45) is 19.6. The Labute approximate surface area is 579 Å². The molecule has 4 aromatic heterocycles. The van der Waals surface area contributed by atoms with E-state index in [2.05, 4.69) is 119 Å². The van der Waals surface area contributed by atoms with E-state index in [1.54, 1.807) is 85.2 Å². The van der Waals surface area contributed by atoms with Crippen LogP contribution in [-0.2, 0) is 55.1 Å². The maximum absolute atomic E-state index is 12.0. The van der Waals surface area contributed by atoms with Crippen LogP contribution in [0.4, 0.5) is 15.3 Å². The molecule has 102 heavy (non-hydrogen) atoms. The lowest BCUT2D eigenvalue weighted by molar-refractivity contribution is -0.122. The molecule has 39 nitrogen and oxygen atoms in total. The van der Waals surface area contributed by atoms with Crippen LogP contribution in [-0.4, -0.2) is 159 Å². The number of hydrogen-bond donors (Lipinski definition) is 10. The molecule has 0 fully saturated rings. The molecule has 1 aliphatic heterocycles. The number of nitrogens with one attached hydrogen (secondary N) is 10. The van der Waals surface area contributed by atoms with Crippen molar-refractivity contribution in [2.75, 3.05) is 57.3 Å². The van der Waals surface area contributed by atoms with Crippen LogP contribution in [0.25, 0.3) is 21.8 Å². The first-order valence-electron chi connectivity index (χ1n) is 31.4. The monoisotopic (exact) mass is 1410 g/mol. The second-order valence-electron chi connectivity index (χ2n) is 21.0. The van der Waals surface area contributed by atoms with Crippen molar-refractivity contribution in [3.63, 3.8) is 0 Å². The van der Waals surface area contributed by atoms with Gasteiger partial charge in [0.1, 0.15) is 68.1 Å². The number of azo groups is 1. The quantitative estimate of drug-likeness (QED) is 0.00663. The van der Waals surface area contributed by atoms with Gasteiger partial charge in [0.15, 0.2) is 0 Å². The smallest absolute Gasteiger partial charge is 0.375 e. The largest absolute Gasteiger partial charge is 0.487 e. The van der Waals surface area contributed by atoms with Gasteiger partial charge in [0.25, 0.3) is 0 Å². The molecule has 0 aliphatic carbocycles. The van der Waals surface area contributed by atoms with Crippen molar-refractivity contribution in [3.8, 4) is 41.0 Å². The number of anilines is 1. The summed E-state index contributed by atoms with van der Waals surface area (Å²) in [5, 5.41) is 50.5. The van der Waals surface area contributed by atoms with Gasteiger partial charge in [-0.2, -0.15) is 0 Å². The fraction of sp³-hybridized carbons (Fsp3) is 0.333. The number of rotatable bonds is 38. The van der Waals surface area contributed by atoms with E-state index in [1.165, 1.54) is 27.6 Å². The normalized spacial score (nSPS) is 10.9. The van der Waals surface area contributed by atoms with Crippen LogP contribution in [0.2, 0.25) is 0 Å². The van der Waals surface area contributed by atoms with Gasteiger partial charge in [-0.1, -0.05) is 51.4 Å². The van der Waals surface area contributed by atoms with E-state index in [-0.39, 0.29) is 74.9 Å². The van der Waals surface area contributed by atoms with Crippen molar-refractivity contribution >= 4 is 53.2 Å². The Bertz CT molecular complexity index is 4220. The van der Waals surface area contributed by atoms with Crippen LogP contribution in [0, 0.1) is 12.3 Å². The zero-order valence-electron chi connectivity index (χ0n) is 55.2. The second kappa shape index (κ2) is 44.3. The third kappa shape index (κ3) is 29.0. The van der Waals surface area contributed by atoms with E-state index in [4.69, 9.17) is 26.2 Å². The van der Waals surface area contributed by atoms with Gasteiger partial charge < -0.3 is 46.1 Å². The second-order valence-corrected chi connectivity index (χ2v) is 21.0. The molecular formula is C63H76N24O15. The lowest BCUT2D eigenvalue weighted by Gasteiger charge is -2.11. The Morgan fingerprint density at radius 3 is 1.17 bits per heavy atom. The number of benzene rings is 3. The molecule has 0 atom stereocenters. The van der Waals surface area contributed by atoms with Crippen LogP contribution in [0.3, 0.4) is 0 Å². The minimum absolute atomic E-state index is 0.0328. The molecule has 538 valence electrons.